The summed E-state index contributed by atoms with van der Waals surface area (Å²) >= 11 is 0. The molecule has 0 aliphatic rings. The summed E-state index contributed by atoms with van der Waals surface area (Å²) in [5, 5.41) is 8.04. The average Bonchev–Trinajstić information content (AvgIpc) is 1.82. The molecule has 0 aliphatic carbocycles. The van der Waals surface area contributed by atoms with E-state index in [0.717, 1.165) is 6.92 Å². The van der Waals surface area contributed by atoms with Crippen molar-refractivity contribution in [1.82, 2.24) is 0 Å². The summed E-state index contributed by atoms with van der Waals surface area (Å²) in [6, 6.07) is 1.52. The molecule has 9 heavy (non-hydrogen) atoms. The minimum atomic E-state index is -1.15. The largest absolute Gasteiger partial charge is 0.435 e. The molecule has 0 N–H and O–H groups in total. The summed E-state index contributed by atoms with van der Waals surface area (Å²) in [6.07, 6.45) is 0. The lowest BCUT2D eigenvalue weighted by Crippen LogP contribution is -2.06. The van der Waals surface area contributed by atoms with E-state index in [-0.39, 0.29) is 0 Å². The van der Waals surface area contributed by atoms with Gasteiger partial charge in [-0.3, -0.25) is 9.36 Å². The molecule has 0 aromatic rings. The molecule has 5 heteroatoms. The first-order chi connectivity index (χ1) is 4.20. The van der Waals surface area contributed by atoms with Crippen molar-refractivity contribution in [2.24, 2.45) is 0 Å². The minimum Gasteiger partial charge on any atom is -0.435 e. The standard InChI is InChI=1S/C4H4NO3P/c1-3(6)8-4(2-5)9-7/h4H,1H3. The van der Waals surface area contributed by atoms with Gasteiger partial charge in [-0.1, -0.05) is 0 Å². The van der Waals surface area contributed by atoms with Gasteiger partial charge >= 0.3 is 5.97 Å². The lowest BCUT2D eigenvalue weighted by atomic mass is 10.7. The van der Waals surface area contributed by atoms with Gasteiger partial charge in [0.05, 0.1) is 0 Å². The van der Waals surface area contributed by atoms with Crippen molar-refractivity contribution in [3.63, 3.8) is 0 Å². The van der Waals surface area contributed by atoms with E-state index < -0.39 is 20.3 Å². The SMILES string of the molecule is CC(=O)OC(C#N)P=O. The summed E-state index contributed by atoms with van der Waals surface area (Å²) < 4.78 is 14.1. The van der Waals surface area contributed by atoms with Crippen LogP contribution in [0.4, 0.5) is 0 Å². The molecule has 0 spiro atoms. The number of carbonyl (C=O) groups is 1. The number of rotatable bonds is 2. The van der Waals surface area contributed by atoms with E-state index in [1.165, 1.54) is 6.07 Å². The summed E-state index contributed by atoms with van der Waals surface area (Å²) in [5.74, 6) is -1.76. The fourth-order valence-electron chi connectivity index (χ4n) is 0.229. The first-order valence-electron chi connectivity index (χ1n) is 2.10. The predicted molar refractivity (Wildman–Crippen MR) is 28.8 cm³/mol. The molecule has 0 bridgehead atoms. The molecule has 0 amide bonds. The maximum atomic E-state index is 10.1. The van der Waals surface area contributed by atoms with Crippen molar-refractivity contribution in [2.75, 3.05) is 0 Å². The fraction of sp³-hybridized carbons (Fsp3) is 0.500. The van der Waals surface area contributed by atoms with Crippen LogP contribution in [0.25, 0.3) is 0 Å². The number of nitrogens with zero attached hydrogens (tertiary/aromatic N) is 1. The Bertz CT molecular complexity index is 162. The van der Waals surface area contributed by atoms with E-state index in [1.807, 2.05) is 0 Å². The maximum absolute atomic E-state index is 10.1. The predicted octanol–water partition coefficient (Wildman–Crippen LogP) is 0.691. The molecule has 4 nitrogen and oxygen atoms in total. The number of carbonyl (C=O) groups excluding carboxylic acids is 1. The summed E-state index contributed by atoms with van der Waals surface area (Å²) in [5.41, 5.74) is 0. The Morgan fingerprint density at radius 3 is 2.56 bits per heavy atom. The van der Waals surface area contributed by atoms with E-state index in [2.05, 4.69) is 4.74 Å². The van der Waals surface area contributed by atoms with E-state index in [9.17, 15) is 9.36 Å². The van der Waals surface area contributed by atoms with Gasteiger partial charge < -0.3 is 4.74 Å². The van der Waals surface area contributed by atoms with Gasteiger partial charge in [0, 0.05) is 6.92 Å². The lowest BCUT2D eigenvalue weighted by Gasteiger charge is -1.96. The normalized spacial score (nSPS) is 12.0. The number of esters is 1. The second-order valence-corrected chi connectivity index (χ2v) is 1.88. The van der Waals surface area contributed by atoms with Gasteiger partial charge in [-0.2, -0.15) is 5.26 Å². The molecule has 0 aliphatic heterocycles. The first-order valence-corrected chi connectivity index (χ1v) is 2.98. The molecule has 1 unspecified atom stereocenters. The highest BCUT2D eigenvalue weighted by atomic mass is 31.1. The molecular formula is C4H4NO3P. The topological polar surface area (TPSA) is 67.2 Å². The van der Waals surface area contributed by atoms with Gasteiger partial charge in [0.15, 0.2) is 0 Å². The highest BCUT2D eigenvalue weighted by Gasteiger charge is 2.07. The van der Waals surface area contributed by atoms with E-state index in [4.69, 9.17) is 5.26 Å². The molecule has 0 radical (unpaired) electrons. The Hall–Kier alpha value is -0.940. The third kappa shape index (κ3) is 3.63. The van der Waals surface area contributed by atoms with Crippen molar-refractivity contribution in [3.8, 4) is 6.07 Å². The van der Waals surface area contributed by atoms with Gasteiger partial charge in [0.1, 0.15) is 6.07 Å². The molecule has 1 atom stereocenters. The second kappa shape index (κ2) is 3.99. The highest BCUT2D eigenvalue weighted by Crippen LogP contribution is 2.05. The van der Waals surface area contributed by atoms with E-state index in [1.54, 1.807) is 0 Å². The van der Waals surface area contributed by atoms with E-state index in [0.29, 0.717) is 0 Å². The van der Waals surface area contributed by atoms with Gasteiger partial charge in [0.2, 0.25) is 8.46 Å². The molecule has 0 fully saturated rings. The molecule has 0 aromatic heterocycles. The molecule has 0 rings (SSSR count). The minimum absolute atomic E-state index is 0.484. The Labute approximate surface area is 53.6 Å². The number of ether oxygens (including phenoxy) is 1. The Balaban J connectivity index is 3.73. The number of hydrogen-bond acceptors (Lipinski definition) is 4. The molecule has 0 saturated carbocycles. The Kier molecular flexibility index (Phi) is 3.57. The van der Waals surface area contributed by atoms with Crippen LogP contribution in [-0.2, 0) is 14.1 Å². The van der Waals surface area contributed by atoms with Gasteiger partial charge in [-0.05, 0) is 0 Å². The molecular weight excluding hydrogens is 141 g/mol. The van der Waals surface area contributed by atoms with E-state index >= 15 is 0 Å². The third-order valence-corrected chi connectivity index (χ3v) is 0.896. The zero-order valence-corrected chi connectivity index (χ0v) is 5.59. The van der Waals surface area contributed by atoms with Crippen LogP contribution in [0.2, 0.25) is 0 Å². The van der Waals surface area contributed by atoms with Crippen molar-refractivity contribution in [1.29, 1.82) is 5.26 Å². The Morgan fingerprint density at radius 1 is 1.89 bits per heavy atom. The molecule has 0 aromatic carbocycles. The van der Waals surface area contributed by atoms with Crippen LogP contribution in [0.1, 0.15) is 6.92 Å². The zero-order chi connectivity index (χ0) is 7.28. The van der Waals surface area contributed by atoms with Crippen molar-refractivity contribution in [3.05, 3.63) is 0 Å². The number of hydrogen-bond donors (Lipinski definition) is 0. The van der Waals surface area contributed by atoms with Gasteiger partial charge in [-0.15, -0.1) is 0 Å². The number of nitriles is 1. The summed E-state index contributed by atoms with van der Waals surface area (Å²) in [6.45, 7) is 1.15. The van der Waals surface area contributed by atoms with Crippen molar-refractivity contribution < 1.29 is 14.1 Å². The Morgan fingerprint density at radius 2 is 2.44 bits per heavy atom. The van der Waals surface area contributed by atoms with Crippen molar-refractivity contribution in [2.45, 2.75) is 12.8 Å². The molecule has 48 valence electrons. The van der Waals surface area contributed by atoms with Crippen LogP contribution in [-0.4, -0.2) is 11.8 Å². The van der Waals surface area contributed by atoms with Crippen LogP contribution in [0, 0.1) is 11.3 Å². The monoisotopic (exact) mass is 145 g/mol. The molecule has 0 saturated heterocycles. The van der Waals surface area contributed by atoms with Crippen LogP contribution >= 0.6 is 8.46 Å². The maximum Gasteiger partial charge on any atom is 0.304 e. The summed E-state index contributed by atoms with van der Waals surface area (Å²) in [7, 11) is -0.484. The fourth-order valence-corrected chi connectivity index (χ4v) is 0.467. The van der Waals surface area contributed by atoms with Gasteiger partial charge in [-0.25, -0.2) is 0 Å². The average molecular weight is 145 g/mol. The van der Waals surface area contributed by atoms with Crippen LogP contribution in [0.5, 0.6) is 0 Å². The zero-order valence-electron chi connectivity index (χ0n) is 4.70. The highest BCUT2D eigenvalue weighted by molar-refractivity contribution is 7.24. The summed E-state index contributed by atoms with van der Waals surface area (Å²) in [4.78, 5) is 10.1. The third-order valence-electron chi connectivity index (χ3n) is 0.484. The smallest absolute Gasteiger partial charge is 0.304 e. The first kappa shape index (κ1) is 8.06. The lowest BCUT2D eigenvalue weighted by molar-refractivity contribution is -0.140. The second-order valence-electron chi connectivity index (χ2n) is 1.20. The van der Waals surface area contributed by atoms with Crippen molar-refractivity contribution >= 4 is 14.4 Å². The van der Waals surface area contributed by atoms with Crippen LogP contribution < -0.4 is 0 Å². The quantitative estimate of drug-likeness (QED) is 0.423. The van der Waals surface area contributed by atoms with Gasteiger partial charge in [0.25, 0.3) is 5.85 Å². The van der Waals surface area contributed by atoms with Crippen LogP contribution in [0.3, 0.4) is 0 Å². The molecule has 0 heterocycles. The van der Waals surface area contributed by atoms with Crippen LogP contribution in [0.15, 0.2) is 0 Å².